The summed E-state index contributed by atoms with van der Waals surface area (Å²) >= 11 is 0. The number of esters is 1. The van der Waals surface area contributed by atoms with Crippen LogP contribution >= 0.6 is 0 Å². The molecule has 1 N–H and O–H groups in total. The molecule has 11 heteroatoms. The molecule has 9 nitrogen and oxygen atoms in total. The summed E-state index contributed by atoms with van der Waals surface area (Å²) in [5.74, 6) is -1.30. The molecule has 168 valence electrons. The average Bonchev–Trinajstić information content (AvgIpc) is 3.10. The first kappa shape index (κ1) is 23.2. The molecule has 1 aliphatic rings. The zero-order valence-electron chi connectivity index (χ0n) is 17.0. The average molecular weight is 469 g/mol. The topological polar surface area (TPSA) is 127 Å². The van der Waals surface area contributed by atoms with Gasteiger partial charge < -0.3 is 9.64 Å². The van der Waals surface area contributed by atoms with Crippen molar-refractivity contribution in [3.63, 3.8) is 0 Å². The smallest absolute Gasteiger partial charge is 0.307 e. The van der Waals surface area contributed by atoms with Crippen molar-refractivity contribution in [2.75, 3.05) is 31.7 Å². The maximum absolute atomic E-state index is 12.4. The molecular weight excluding hydrogens is 444 g/mol. The highest BCUT2D eigenvalue weighted by molar-refractivity contribution is 7.91. The Hall–Kier alpha value is -2.50. The molecule has 1 amide bonds. The van der Waals surface area contributed by atoms with Gasteiger partial charge in [0, 0.05) is 19.6 Å². The molecule has 0 aromatic heterocycles. The zero-order valence-corrected chi connectivity index (χ0v) is 18.6. The number of nitrogens with one attached hydrogen (secondary N) is 1. The second kappa shape index (κ2) is 9.33. The zero-order chi connectivity index (χ0) is 22.6. The minimum absolute atomic E-state index is 0.0342. The molecule has 1 unspecified atom stereocenters. The standard InChI is InChI=1S/C20H24N2O7S2/c1-22(17-9-11-30(25,26)14-17)19(23)13-29-20(24)8-10-21-31(27,28)18-7-6-15-4-2-3-5-16(15)12-18/h2-7,12,17,21H,8-11,13-14H2,1H3. The highest BCUT2D eigenvalue weighted by atomic mass is 32.2. The number of likely N-dealkylation sites (N-methyl/N-ethyl adjacent to an activating group) is 1. The van der Waals surface area contributed by atoms with E-state index in [4.69, 9.17) is 4.74 Å². The Morgan fingerprint density at radius 3 is 2.55 bits per heavy atom. The highest BCUT2D eigenvalue weighted by Gasteiger charge is 2.32. The number of carbonyl (C=O) groups is 2. The minimum atomic E-state index is -3.80. The van der Waals surface area contributed by atoms with E-state index in [9.17, 15) is 26.4 Å². The van der Waals surface area contributed by atoms with Crippen LogP contribution in [-0.4, -0.2) is 71.4 Å². The Bertz CT molecular complexity index is 1190. The van der Waals surface area contributed by atoms with E-state index in [1.54, 1.807) is 18.2 Å². The predicted molar refractivity (Wildman–Crippen MR) is 115 cm³/mol. The summed E-state index contributed by atoms with van der Waals surface area (Å²) < 4.78 is 55.2. The number of rotatable bonds is 8. The van der Waals surface area contributed by atoms with Crippen molar-refractivity contribution in [3.05, 3.63) is 42.5 Å². The number of carbonyl (C=O) groups excluding carboxylic acids is 2. The van der Waals surface area contributed by atoms with Gasteiger partial charge >= 0.3 is 5.97 Å². The highest BCUT2D eigenvalue weighted by Crippen LogP contribution is 2.19. The van der Waals surface area contributed by atoms with E-state index < -0.39 is 44.4 Å². The number of nitrogens with zero attached hydrogens (tertiary/aromatic N) is 1. The fourth-order valence-electron chi connectivity index (χ4n) is 3.31. The quantitative estimate of drug-likeness (QED) is 0.565. The van der Waals surface area contributed by atoms with Gasteiger partial charge in [0.05, 0.1) is 22.8 Å². The maximum atomic E-state index is 12.4. The molecule has 1 aliphatic heterocycles. The normalized spacial score (nSPS) is 18.0. The van der Waals surface area contributed by atoms with Crippen molar-refractivity contribution in [1.82, 2.24) is 9.62 Å². The lowest BCUT2D eigenvalue weighted by molar-refractivity contribution is -0.152. The van der Waals surface area contributed by atoms with Gasteiger partial charge in [-0.3, -0.25) is 9.59 Å². The van der Waals surface area contributed by atoms with Crippen molar-refractivity contribution in [2.24, 2.45) is 0 Å². The van der Waals surface area contributed by atoms with Crippen molar-refractivity contribution >= 4 is 42.5 Å². The Morgan fingerprint density at radius 2 is 1.87 bits per heavy atom. The van der Waals surface area contributed by atoms with Crippen LogP contribution in [0.1, 0.15) is 12.8 Å². The van der Waals surface area contributed by atoms with Gasteiger partial charge in [0.2, 0.25) is 10.0 Å². The van der Waals surface area contributed by atoms with Gasteiger partial charge in [-0.25, -0.2) is 21.6 Å². The molecule has 1 heterocycles. The summed E-state index contributed by atoms with van der Waals surface area (Å²) in [5.41, 5.74) is 0. The van der Waals surface area contributed by atoms with E-state index in [2.05, 4.69) is 4.72 Å². The number of hydrogen-bond donors (Lipinski definition) is 1. The van der Waals surface area contributed by atoms with Gasteiger partial charge in [-0.1, -0.05) is 30.3 Å². The van der Waals surface area contributed by atoms with E-state index in [0.717, 1.165) is 10.8 Å². The van der Waals surface area contributed by atoms with Crippen LogP contribution in [0.4, 0.5) is 0 Å². The van der Waals surface area contributed by atoms with E-state index in [1.165, 1.54) is 18.0 Å². The van der Waals surface area contributed by atoms with Gasteiger partial charge in [-0.05, 0) is 29.3 Å². The fourth-order valence-corrected chi connectivity index (χ4v) is 6.15. The van der Waals surface area contributed by atoms with Crippen molar-refractivity contribution in [1.29, 1.82) is 0 Å². The Morgan fingerprint density at radius 1 is 1.16 bits per heavy atom. The molecular formula is C20H24N2O7S2. The second-order valence-corrected chi connectivity index (χ2v) is 11.4. The summed E-state index contributed by atoms with van der Waals surface area (Å²) in [7, 11) is -5.47. The van der Waals surface area contributed by atoms with Crippen molar-refractivity contribution in [2.45, 2.75) is 23.8 Å². The molecule has 1 fully saturated rings. The molecule has 0 bridgehead atoms. The Balaban J connectivity index is 1.45. The molecule has 0 saturated carbocycles. The van der Waals surface area contributed by atoms with Gasteiger partial charge in [0.1, 0.15) is 0 Å². The SMILES string of the molecule is CN(C(=O)COC(=O)CCNS(=O)(=O)c1ccc2ccccc2c1)C1CCS(=O)(=O)C1. The number of benzene rings is 2. The lowest BCUT2D eigenvalue weighted by Crippen LogP contribution is -2.40. The Kier molecular flexibility index (Phi) is 6.97. The van der Waals surface area contributed by atoms with Crippen molar-refractivity contribution < 1.29 is 31.2 Å². The number of sulfonamides is 1. The number of ether oxygens (including phenoxy) is 1. The third kappa shape index (κ3) is 6.02. The lowest BCUT2D eigenvalue weighted by atomic mass is 10.1. The lowest BCUT2D eigenvalue weighted by Gasteiger charge is -2.23. The Labute approximate surface area is 181 Å². The van der Waals surface area contributed by atoms with Gasteiger partial charge in [0.15, 0.2) is 16.4 Å². The summed E-state index contributed by atoms with van der Waals surface area (Å²) in [4.78, 5) is 25.3. The first-order valence-electron chi connectivity index (χ1n) is 9.67. The van der Waals surface area contributed by atoms with Crippen LogP contribution in [0.5, 0.6) is 0 Å². The summed E-state index contributed by atoms with van der Waals surface area (Å²) in [6.45, 7) is -0.706. The molecule has 3 rings (SSSR count). The largest absolute Gasteiger partial charge is 0.456 e. The van der Waals surface area contributed by atoms with Gasteiger partial charge in [0.25, 0.3) is 5.91 Å². The molecule has 2 aromatic carbocycles. The van der Waals surface area contributed by atoms with E-state index in [1.807, 2.05) is 18.2 Å². The molecule has 2 aromatic rings. The third-order valence-electron chi connectivity index (χ3n) is 5.16. The van der Waals surface area contributed by atoms with Crippen LogP contribution in [0, 0.1) is 0 Å². The van der Waals surface area contributed by atoms with E-state index >= 15 is 0 Å². The molecule has 1 atom stereocenters. The van der Waals surface area contributed by atoms with Crippen LogP contribution in [0.2, 0.25) is 0 Å². The first-order chi connectivity index (χ1) is 14.6. The molecule has 0 radical (unpaired) electrons. The molecule has 0 spiro atoms. The molecule has 0 aliphatic carbocycles. The van der Waals surface area contributed by atoms with Crippen LogP contribution in [-0.2, 0) is 34.2 Å². The number of hydrogen-bond acceptors (Lipinski definition) is 7. The fraction of sp³-hybridized carbons (Fsp3) is 0.400. The van der Waals surface area contributed by atoms with E-state index in [0.29, 0.717) is 6.42 Å². The summed E-state index contributed by atoms with van der Waals surface area (Å²) in [6, 6.07) is 11.7. The second-order valence-electron chi connectivity index (χ2n) is 7.38. The van der Waals surface area contributed by atoms with Crippen LogP contribution in [0.3, 0.4) is 0 Å². The van der Waals surface area contributed by atoms with Crippen molar-refractivity contribution in [3.8, 4) is 0 Å². The summed E-state index contributed by atoms with van der Waals surface area (Å²) in [6.07, 6.45) is 0.108. The number of fused-ring (bicyclic) bond motifs is 1. The van der Waals surface area contributed by atoms with Gasteiger partial charge in [-0.2, -0.15) is 0 Å². The molecule has 1 saturated heterocycles. The summed E-state index contributed by atoms with van der Waals surface area (Å²) in [5, 5.41) is 1.69. The van der Waals surface area contributed by atoms with Crippen LogP contribution < -0.4 is 4.72 Å². The molecule has 31 heavy (non-hydrogen) atoms. The van der Waals surface area contributed by atoms with Crippen LogP contribution in [0.25, 0.3) is 10.8 Å². The third-order valence-corrected chi connectivity index (χ3v) is 8.37. The first-order valence-corrected chi connectivity index (χ1v) is 13.0. The number of sulfone groups is 1. The predicted octanol–water partition coefficient (Wildman–Crippen LogP) is 0.697. The number of amides is 1. The van der Waals surface area contributed by atoms with Crippen LogP contribution in [0.15, 0.2) is 47.4 Å². The maximum Gasteiger partial charge on any atom is 0.307 e. The minimum Gasteiger partial charge on any atom is -0.456 e. The van der Waals surface area contributed by atoms with Gasteiger partial charge in [-0.15, -0.1) is 0 Å². The monoisotopic (exact) mass is 468 g/mol. The van der Waals surface area contributed by atoms with E-state index in [-0.39, 0.29) is 29.4 Å².